The molecule has 1 spiro atoms. The number of unbranched alkanes of at least 4 members (excludes halogenated alkanes) is 3. The van der Waals surface area contributed by atoms with Gasteiger partial charge in [-0.2, -0.15) is 0 Å². The SMILES string of the molecule is CCCCCCC(C)(CC)c1ccc2c(c1)C1(CC(C)c3ccc([B]OCCO)cc31)CC2C. The first-order chi connectivity index (χ1) is 16.4. The minimum Gasteiger partial charge on any atom is -0.432 e. The third kappa shape index (κ3) is 4.63. The first-order valence-corrected chi connectivity index (χ1v) is 13.7. The lowest BCUT2D eigenvalue weighted by atomic mass is 9.71. The van der Waals surface area contributed by atoms with Crippen molar-refractivity contribution in [2.45, 2.75) is 109 Å². The highest BCUT2D eigenvalue weighted by Gasteiger charge is 2.50. The van der Waals surface area contributed by atoms with E-state index in [1.807, 2.05) is 7.48 Å². The number of aliphatic hydroxyl groups is 1. The molecule has 0 heterocycles. The molecule has 4 rings (SSSR count). The van der Waals surface area contributed by atoms with E-state index in [1.165, 1.54) is 68.1 Å². The van der Waals surface area contributed by atoms with Crippen LogP contribution in [0.15, 0.2) is 36.4 Å². The van der Waals surface area contributed by atoms with Crippen molar-refractivity contribution >= 4 is 12.9 Å². The lowest BCUT2D eigenvalue weighted by Crippen LogP contribution is -2.27. The second kappa shape index (κ2) is 10.6. The first-order valence-electron chi connectivity index (χ1n) is 13.7. The molecule has 0 bridgehead atoms. The van der Waals surface area contributed by atoms with Gasteiger partial charge in [0.15, 0.2) is 0 Å². The molecule has 183 valence electrons. The summed E-state index contributed by atoms with van der Waals surface area (Å²) in [6.07, 6.45) is 10.2. The molecular formula is C31H44BO2. The zero-order chi connectivity index (χ0) is 24.3. The Balaban J connectivity index is 1.72. The minimum absolute atomic E-state index is 0.0463. The standard InChI is InChI=1S/C31H44BO2/c1-6-8-9-10-15-30(5,7-2)24-11-13-26-22(3)20-31(28(26)18-24)21-23(4)27-14-12-25(19-29(27)31)32-34-17-16-33/h11-14,18-19,22-23,33H,6-10,15-17,20-21H2,1-5H3. The molecule has 0 amide bonds. The van der Waals surface area contributed by atoms with Crippen LogP contribution in [-0.4, -0.2) is 25.8 Å². The molecular weight excluding hydrogens is 415 g/mol. The van der Waals surface area contributed by atoms with Crippen LogP contribution in [0.2, 0.25) is 0 Å². The molecule has 2 aromatic rings. The molecule has 3 heteroatoms. The first kappa shape index (κ1) is 25.5. The van der Waals surface area contributed by atoms with E-state index in [2.05, 4.69) is 71.0 Å². The molecule has 0 aromatic heterocycles. The molecule has 2 aliphatic carbocycles. The van der Waals surface area contributed by atoms with Gasteiger partial charge >= 0.3 is 7.48 Å². The summed E-state index contributed by atoms with van der Waals surface area (Å²) < 4.78 is 5.56. The van der Waals surface area contributed by atoms with Crippen LogP contribution in [0.25, 0.3) is 0 Å². The summed E-state index contributed by atoms with van der Waals surface area (Å²) in [4.78, 5) is 0. The van der Waals surface area contributed by atoms with Gasteiger partial charge in [0.2, 0.25) is 0 Å². The van der Waals surface area contributed by atoms with Gasteiger partial charge in [-0.05, 0) is 70.8 Å². The minimum atomic E-state index is 0.0463. The maximum absolute atomic E-state index is 9.09. The van der Waals surface area contributed by atoms with Gasteiger partial charge in [0.1, 0.15) is 0 Å². The summed E-state index contributed by atoms with van der Waals surface area (Å²) in [6.45, 7) is 12.4. The van der Waals surface area contributed by atoms with E-state index in [0.717, 1.165) is 5.46 Å². The van der Waals surface area contributed by atoms with Crippen molar-refractivity contribution in [2.24, 2.45) is 0 Å². The van der Waals surface area contributed by atoms with Crippen molar-refractivity contribution in [3.05, 3.63) is 64.2 Å². The predicted molar refractivity (Wildman–Crippen MR) is 145 cm³/mol. The summed E-state index contributed by atoms with van der Waals surface area (Å²) in [6, 6.07) is 14.4. The summed E-state index contributed by atoms with van der Waals surface area (Å²) in [5.74, 6) is 1.15. The Morgan fingerprint density at radius 3 is 2.29 bits per heavy atom. The highest BCUT2D eigenvalue weighted by Crippen LogP contribution is 2.59. The van der Waals surface area contributed by atoms with E-state index < -0.39 is 0 Å². The summed E-state index contributed by atoms with van der Waals surface area (Å²) in [5.41, 5.74) is 9.14. The van der Waals surface area contributed by atoms with Crippen LogP contribution in [0, 0.1) is 0 Å². The lowest BCUT2D eigenvalue weighted by molar-refractivity contribution is 0.209. The van der Waals surface area contributed by atoms with Crippen LogP contribution in [0.4, 0.5) is 0 Å². The largest absolute Gasteiger partial charge is 0.432 e. The van der Waals surface area contributed by atoms with Crippen LogP contribution >= 0.6 is 0 Å². The van der Waals surface area contributed by atoms with Crippen molar-refractivity contribution in [2.75, 3.05) is 13.2 Å². The van der Waals surface area contributed by atoms with Gasteiger partial charge in [-0.25, -0.2) is 0 Å². The zero-order valence-corrected chi connectivity index (χ0v) is 22.1. The Labute approximate surface area is 208 Å². The normalized spacial score (nSPS) is 24.8. The van der Waals surface area contributed by atoms with Gasteiger partial charge in [-0.15, -0.1) is 0 Å². The molecule has 1 radical (unpaired) electrons. The Morgan fingerprint density at radius 1 is 0.971 bits per heavy atom. The summed E-state index contributed by atoms with van der Waals surface area (Å²) in [7, 11) is 1.81. The number of aliphatic hydroxyl groups excluding tert-OH is 1. The number of benzene rings is 2. The van der Waals surface area contributed by atoms with Crippen LogP contribution in [0.1, 0.15) is 126 Å². The second-order valence-electron chi connectivity index (χ2n) is 11.4. The van der Waals surface area contributed by atoms with Crippen molar-refractivity contribution in [3.63, 3.8) is 0 Å². The average molecular weight is 460 g/mol. The third-order valence-corrected chi connectivity index (χ3v) is 9.02. The number of fused-ring (bicyclic) bond motifs is 4. The van der Waals surface area contributed by atoms with Gasteiger partial charge in [0, 0.05) is 5.41 Å². The van der Waals surface area contributed by atoms with Crippen LogP contribution in [-0.2, 0) is 15.5 Å². The third-order valence-electron chi connectivity index (χ3n) is 9.02. The molecule has 34 heavy (non-hydrogen) atoms. The van der Waals surface area contributed by atoms with Crippen LogP contribution in [0.3, 0.4) is 0 Å². The molecule has 2 aromatic carbocycles. The van der Waals surface area contributed by atoms with Gasteiger partial charge in [-0.1, -0.05) is 102 Å². The molecule has 0 fully saturated rings. The maximum atomic E-state index is 9.09. The fraction of sp³-hybridized carbons (Fsp3) is 0.613. The maximum Gasteiger partial charge on any atom is 0.330 e. The highest BCUT2D eigenvalue weighted by molar-refractivity contribution is 6.46. The van der Waals surface area contributed by atoms with Crippen LogP contribution in [0.5, 0.6) is 0 Å². The Morgan fingerprint density at radius 2 is 1.65 bits per heavy atom. The van der Waals surface area contributed by atoms with Gasteiger partial charge in [0.05, 0.1) is 13.2 Å². The number of rotatable bonds is 11. The predicted octanol–water partition coefficient (Wildman–Crippen LogP) is 6.88. The highest BCUT2D eigenvalue weighted by atomic mass is 16.4. The van der Waals surface area contributed by atoms with Crippen molar-refractivity contribution in [1.82, 2.24) is 0 Å². The molecule has 1 N–H and O–H groups in total. The molecule has 4 unspecified atom stereocenters. The van der Waals surface area contributed by atoms with E-state index in [-0.39, 0.29) is 17.4 Å². The van der Waals surface area contributed by atoms with Crippen molar-refractivity contribution in [1.29, 1.82) is 0 Å². The molecule has 2 aliphatic rings. The Kier molecular flexibility index (Phi) is 7.94. The van der Waals surface area contributed by atoms with Gasteiger partial charge in [-0.3, -0.25) is 0 Å². The smallest absolute Gasteiger partial charge is 0.330 e. The van der Waals surface area contributed by atoms with E-state index >= 15 is 0 Å². The zero-order valence-electron chi connectivity index (χ0n) is 22.1. The topological polar surface area (TPSA) is 29.5 Å². The fourth-order valence-electron chi connectivity index (χ4n) is 6.88. The van der Waals surface area contributed by atoms with E-state index in [1.54, 1.807) is 11.1 Å². The molecule has 0 saturated carbocycles. The quantitative estimate of drug-likeness (QED) is 0.293. The molecule has 0 aliphatic heterocycles. The van der Waals surface area contributed by atoms with E-state index in [0.29, 0.717) is 18.4 Å². The second-order valence-corrected chi connectivity index (χ2v) is 11.4. The number of hydrogen-bond acceptors (Lipinski definition) is 2. The Hall–Kier alpha value is -1.58. The average Bonchev–Trinajstić information content (AvgIpc) is 3.29. The number of hydrogen-bond donors (Lipinski definition) is 1. The van der Waals surface area contributed by atoms with Crippen LogP contribution < -0.4 is 5.46 Å². The lowest BCUT2D eigenvalue weighted by Gasteiger charge is -2.32. The van der Waals surface area contributed by atoms with Gasteiger partial charge < -0.3 is 9.76 Å². The van der Waals surface area contributed by atoms with Gasteiger partial charge in [0.25, 0.3) is 0 Å². The van der Waals surface area contributed by atoms with E-state index in [4.69, 9.17) is 9.76 Å². The molecule has 4 atom stereocenters. The van der Waals surface area contributed by atoms with Crippen molar-refractivity contribution < 1.29 is 9.76 Å². The summed E-state index contributed by atoms with van der Waals surface area (Å²) in [5, 5.41) is 9.09. The molecule has 0 saturated heterocycles. The fourth-order valence-corrected chi connectivity index (χ4v) is 6.88. The summed E-state index contributed by atoms with van der Waals surface area (Å²) >= 11 is 0. The Bertz CT molecular complexity index is 981. The van der Waals surface area contributed by atoms with Crippen molar-refractivity contribution in [3.8, 4) is 0 Å². The molecule has 2 nitrogen and oxygen atoms in total. The monoisotopic (exact) mass is 459 g/mol. The van der Waals surface area contributed by atoms with E-state index in [9.17, 15) is 0 Å².